The highest BCUT2D eigenvalue weighted by molar-refractivity contribution is 7.18. The number of rotatable bonds is 1. The van der Waals surface area contributed by atoms with E-state index in [1.807, 2.05) is 17.7 Å². The van der Waals surface area contributed by atoms with Crippen molar-refractivity contribution in [3.05, 3.63) is 16.8 Å². The minimum atomic E-state index is 0.502. The molecule has 0 aromatic carbocycles. The van der Waals surface area contributed by atoms with Gasteiger partial charge in [-0.15, -0.1) is 11.3 Å². The molecule has 70 valence electrons. The lowest BCUT2D eigenvalue weighted by molar-refractivity contribution is 0.620. The Bertz CT molecular complexity index is 437. The number of hydrogen-bond donors (Lipinski definition) is 0. The molecule has 0 spiro atoms. The van der Waals surface area contributed by atoms with Gasteiger partial charge in [0.05, 0.1) is 6.33 Å². The van der Waals surface area contributed by atoms with Crippen LogP contribution in [0.3, 0.4) is 0 Å². The minimum absolute atomic E-state index is 0.502. The van der Waals surface area contributed by atoms with E-state index in [9.17, 15) is 0 Å². The van der Waals surface area contributed by atoms with Crippen molar-refractivity contribution in [1.29, 1.82) is 0 Å². The van der Waals surface area contributed by atoms with Gasteiger partial charge in [0.25, 0.3) is 0 Å². The maximum absolute atomic E-state index is 4.43. The van der Waals surface area contributed by atoms with Crippen molar-refractivity contribution < 1.29 is 0 Å². The molecular formula is C10H14N2S. The van der Waals surface area contributed by atoms with Gasteiger partial charge in [-0.25, -0.2) is 4.98 Å². The van der Waals surface area contributed by atoms with Crippen molar-refractivity contribution in [1.82, 2.24) is 9.55 Å². The normalized spacial score (nSPS) is 11.8. The molecule has 2 heterocycles. The minimum Gasteiger partial charge on any atom is -0.320 e. The molecule has 0 aliphatic carbocycles. The number of fused-ring (bicyclic) bond motifs is 1. The van der Waals surface area contributed by atoms with E-state index in [2.05, 4.69) is 37.2 Å². The van der Waals surface area contributed by atoms with Crippen LogP contribution >= 0.6 is 11.3 Å². The molecule has 2 nitrogen and oxygen atoms in total. The van der Waals surface area contributed by atoms with E-state index in [1.165, 1.54) is 20.8 Å². The van der Waals surface area contributed by atoms with E-state index in [1.54, 1.807) is 0 Å². The predicted octanol–water partition coefficient (Wildman–Crippen LogP) is 3.30. The highest BCUT2D eigenvalue weighted by atomic mass is 32.1. The lowest BCUT2D eigenvalue weighted by Crippen LogP contribution is -1.96. The smallest absolute Gasteiger partial charge is 0.123 e. The zero-order valence-corrected chi connectivity index (χ0v) is 9.27. The van der Waals surface area contributed by atoms with Crippen LogP contribution in [0, 0.1) is 13.8 Å². The molecule has 0 aliphatic rings. The molecule has 0 radical (unpaired) electrons. The fourth-order valence-electron chi connectivity index (χ4n) is 1.46. The molecule has 0 aliphatic heterocycles. The van der Waals surface area contributed by atoms with Crippen molar-refractivity contribution >= 4 is 21.7 Å². The quantitative estimate of drug-likeness (QED) is 0.681. The number of hydrogen-bond acceptors (Lipinski definition) is 2. The SMILES string of the molecule is Cc1sc2c(ncn2C(C)C)c1C. The fraction of sp³-hybridized carbons (Fsp3) is 0.500. The van der Waals surface area contributed by atoms with Crippen molar-refractivity contribution in [3.63, 3.8) is 0 Å². The zero-order valence-electron chi connectivity index (χ0n) is 8.46. The summed E-state index contributed by atoms with van der Waals surface area (Å²) in [5.41, 5.74) is 2.51. The van der Waals surface area contributed by atoms with E-state index in [4.69, 9.17) is 0 Å². The Hall–Kier alpha value is -0.830. The summed E-state index contributed by atoms with van der Waals surface area (Å²) in [6.07, 6.45) is 1.94. The van der Waals surface area contributed by atoms with Crippen LogP contribution in [0.5, 0.6) is 0 Å². The van der Waals surface area contributed by atoms with Gasteiger partial charge in [-0.2, -0.15) is 0 Å². The molecule has 0 saturated heterocycles. The van der Waals surface area contributed by atoms with Crippen LogP contribution in [0.25, 0.3) is 10.3 Å². The lowest BCUT2D eigenvalue weighted by Gasteiger charge is -2.04. The van der Waals surface area contributed by atoms with Crippen molar-refractivity contribution in [2.24, 2.45) is 0 Å². The van der Waals surface area contributed by atoms with Crippen LogP contribution in [-0.4, -0.2) is 9.55 Å². The van der Waals surface area contributed by atoms with Crippen LogP contribution < -0.4 is 0 Å². The Morgan fingerprint density at radius 2 is 2.08 bits per heavy atom. The first-order valence-corrected chi connectivity index (χ1v) is 5.35. The Labute approximate surface area is 82.2 Å². The highest BCUT2D eigenvalue weighted by Gasteiger charge is 2.11. The van der Waals surface area contributed by atoms with Gasteiger partial charge < -0.3 is 4.57 Å². The molecule has 0 amide bonds. The van der Waals surface area contributed by atoms with Gasteiger partial charge in [-0.3, -0.25) is 0 Å². The summed E-state index contributed by atoms with van der Waals surface area (Å²) in [4.78, 5) is 7.13. The Kier molecular flexibility index (Phi) is 1.91. The van der Waals surface area contributed by atoms with Crippen LogP contribution in [0.1, 0.15) is 30.3 Å². The molecule has 0 N–H and O–H groups in total. The predicted molar refractivity (Wildman–Crippen MR) is 57.5 cm³/mol. The van der Waals surface area contributed by atoms with Gasteiger partial charge in [0.15, 0.2) is 0 Å². The molecule has 0 unspecified atom stereocenters. The second-order valence-electron chi connectivity index (χ2n) is 3.68. The average molecular weight is 194 g/mol. The maximum atomic E-state index is 4.43. The van der Waals surface area contributed by atoms with Gasteiger partial charge in [-0.1, -0.05) is 0 Å². The van der Waals surface area contributed by atoms with Crippen molar-refractivity contribution in [2.75, 3.05) is 0 Å². The summed E-state index contributed by atoms with van der Waals surface area (Å²) >= 11 is 1.84. The lowest BCUT2D eigenvalue weighted by atomic mass is 10.3. The van der Waals surface area contributed by atoms with E-state index in [0.29, 0.717) is 6.04 Å². The summed E-state index contributed by atoms with van der Waals surface area (Å²) < 4.78 is 2.24. The second kappa shape index (κ2) is 2.84. The summed E-state index contributed by atoms with van der Waals surface area (Å²) in [7, 11) is 0. The first-order valence-electron chi connectivity index (χ1n) is 4.53. The Morgan fingerprint density at radius 3 is 2.69 bits per heavy atom. The largest absolute Gasteiger partial charge is 0.320 e. The summed E-state index contributed by atoms with van der Waals surface area (Å²) in [6, 6.07) is 0.502. The first-order chi connectivity index (χ1) is 6.11. The molecule has 2 rings (SSSR count). The highest BCUT2D eigenvalue weighted by Crippen LogP contribution is 2.30. The average Bonchev–Trinajstić information content (AvgIpc) is 2.55. The molecule has 13 heavy (non-hydrogen) atoms. The molecule has 2 aromatic rings. The third-order valence-corrected chi connectivity index (χ3v) is 3.65. The van der Waals surface area contributed by atoms with Gasteiger partial charge in [0.1, 0.15) is 10.3 Å². The molecule has 0 atom stereocenters. The van der Waals surface area contributed by atoms with Crippen molar-refractivity contribution in [2.45, 2.75) is 33.7 Å². The molecule has 3 heteroatoms. The van der Waals surface area contributed by atoms with E-state index < -0.39 is 0 Å². The second-order valence-corrected chi connectivity index (χ2v) is 4.89. The number of imidazole rings is 1. The third kappa shape index (κ3) is 1.18. The number of aromatic nitrogens is 2. The van der Waals surface area contributed by atoms with Crippen LogP contribution in [0.4, 0.5) is 0 Å². The fourth-order valence-corrected chi connectivity index (χ4v) is 2.67. The topological polar surface area (TPSA) is 17.8 Å². The monoisotopic (exact) mass is 194 g/mol. The molecule has 0 bridgehead atoms. The maximum Gasteiger partial charge on any atom is 0.123 e. The van der Waals surface area contributed by atoms with E-state index >= 15 is 0 Å². The van der Waals surface area contributed by atoms with Crippen LogP contribution in [-0.2, 0) is 0 Å². The first kappa shape index (κ1) is 8.75. The zero-order chi connectivity index (χ0) is 9.59. The Morgan fingerprint density at radius 1 is 1.38 bits per heavy atom. The molecule has 0 fully saturated rings. The third-order valence-electron chi connectivity index (χ3n) is 2.44. The van der Waals surface area contributed by atoms with Crippen molar-refractivity contribution in [3.8, 4) is 0 Å². The van der Waals surface area contributed by atoms with Gasteiger partial charge in [-0.05, 0) is 33.3 Å². The Balaban J connectivity index is 2.74. The molecule has 0 saturated carbocycles. The van der Waals surface area contributed by atoms with Crippen LogP contribution in [0.15, 0.2) is 6.33 Å². The number of thiophene rings is 1. The standard InChI is InChI=1S/C10H14N2S/c1-6(2)12-5-11-9-7(3)8(4)13-10(9)12/h5-6H,1-4H3. The summed E-state index contributed by atoms with van der Waals surface area (Å²) in [6.45, 7) is 8.68. The van der Waals surface area contributed by atoms with E-state index in [0.717, 1.165) is 0 Å². The number of aryl methyl sites for hydroxylation is 2. The summed E-state index contributed by atoms with van der Waals surface area (Å²) in [5.74, 6) is 0. The van der Waals surface area contributed by atoms with Gasteiger partial charge in [0, 0.05) is 10.9 Å². The van der Waals surface area contributed by atoms with Crippen LogP contribution in [0.2, 0.25) is 0 Å². The summed E-state index contributed by atoms with van der Waals surface area (Å²) in [5, 5.41) is 0. The van der Waals surface area contributed by atoms with Gasteiger partial charge in [0.2, 0.25) is 0 Å². The van der Waals surface area contributed by atoms with E-state index in [-0.39, 0.29) is 0 Å². The van der Waals surface area contributed by atoms with Gasteiger partial charge >= 0.3 is 0 Å². The molecule has 2 aromatic heterocycles. The molecular weight excluding hydrogens is 180 g/mol. The number of nitrogens with zero attached hydrogens (tertiary/aromatic N) is 2.